The van der Waals surface area contributed by atoms with Crippen LogP contribution < -0.4 is 5.73 Å². The Morgan fingerprint density at radius 2 is 2.00 bits per heavy atom. The highest BCUT2D eigenvalue weighted by Gasteiger charge is 2.43. The Morgan fingerprint density at radius 1 is 1.37 bits per heavy atom. The lowest BCUT2D eigenvalue weighted by atomic mass is 9.70. The molecule has 1 heterocycles. The molecular formula is C14H25N3O2. The van der Waals surface area contributed by atoms with Gasteiger partial charge in [0.05, 0.1) is 12.0 Å². The third-order valence-electron chi connectivity index (χ3n) is 4.82. The molecule has 19 heavy (non-hydrogen) atoms. The van der Waals surface area contributed by atoms with Crippen molar-refractivity contribution in [3.63, 3.8) is 0 Å². The molecule has 1 saturated heterocycles. The summed E-state index contributed by atoms with van der Waals surface area (Å²) in [5.74, 6) is 0.806. The molecule has 0 spiro atoms. The molecule has 0 unspecified atom stereocenters. The molecule has 2 rings (SSSR count). The molecule has 1 saturated carbocycles. The van der Waals surface area contributed by atoms with Crippen LogP contribution in [0, 0.1) is 11.3 Å². The van der Waals surface area contributed by atoms with Crippen molar-refractivity contribution in [2.24, 2.45) is 17.1 Å². The maximum atomic E-state index is 12.7. The lowest BCUT2D eigenvalue weighted by Crippen LogP contribution is -2.56. The van der Waals surface area contributed by atoms with Gasteiger partial charge in [-0.1, -0.05) is 6.92 Å². The van der Waals surface area contributed by atoms with Crippen molar-refractivity contribution in [1.29, 1.82) is 0 Å². The normalized spacial score (nSPS) is 32.6. The molecule has 5 nitrogen and oxygen atoms in total. The van der Waals surface area contributed by atoms with Crippen LogP contribution in [-0.4, -0.2) is 54.8 Å². The maximum Gasteiger partial charge on any atom is 0.241 e. The minimum atomic E-state index is -0.414. The van der Waals surface area contributed by atoms with Crippen LogP contribution in [0.15, 0.2) is 0 Å². The summed E-state index contributed by atoms with van der Waals surface area (Å²) in [6.07, 6.45) is 3.85. The van der Waals surface area contributed by atoms with Crippen molar-refractivity contribution in [3.05, 3.63) is 0 Å². The zero-order valence-corrected chi connectivity index (χ0v) is 12.0. The predicted molar refractivity (Wildman–Crippen MR) is 73.3 cm³/mol. The zero-order valence-electron chi connectivity index (χ0n) is 12.0. The minimum absolute atomic E-state index is 0.0240. The van der Waals surface area contributed by atoms with Gasteiger partial charge in [0.1, 0.15) is 0 Å². The first kappa shape index (κ1) is 14.3. The zero-order chi connectivity index (χ0) is 14.0. The number of piperazine rings is 1. The summed E-state index contributed by atoms with van der Waals surface area (Å²) in [6, 6.07) is 0. The molecule has 0 atom stereocenters. The minimum Gasteiger partial charge on any atom is -0.342 e. The second kappa shape index (κ2) is 5.49. The molecular weight excluding hydrogens is 242 g/mol. The van der Waals surface area contributed by atoms with E-state index in [-0.39, 0.29) is 18.4 Å². The first-order chi connectivity index (χ1) is 8.98. The van der Waals surface area contributed by atoms with Gasteiger partial charge in [0, 0.05) is 26.7 Å². The van der Waals surface area contributed by atoms with Crippen molar-refractivity contribution in [1.82, 2.24) is 9.80 Å². The molecule has 5 heteroatoms. The Balaban J connectivity index is 2.07. The Bertz CT molecular complexity index is 362. The Hall–Kier alpha value is -1.10. The van der Waals surface area contributed by atoms with Crippen molar-refractivity contribution in [3.8, 4) is 0 Å². The highest BCUT2D eigenvalue weighted by Crippen LogP contribution is 2.39. The standard InChI is InChI=1S/C14H25N3O2/c1-11-3-5-14(10-15,6-4-11)13(19)17-8-7-16(2)12(18)9-17/h11H,3-10,15H2,1-2H3. The van der Waals surface area contributed by atoms with E-state index >= 15 is 0 Å². The van der Waals surface area contributed by atoms with Gasteiger partial charge in [0.2, 0.25) is 11.8 Å². The first-order valence-electron chi connectivity index (χ1n) is 7.22. The van der Waals surface area contributed by atoms with E-state index in [4.69, 9.17) is 5.73 Å². The van der Waals surface area contributed by atoms with Crippen LogP contribution in [0.1, 0.15) is 32.6 Å². The van der Waals surface area contributed by atoms with Crippen LogP contribution in [0.5, 0.6) is 0 Å². The Kier molecular flexibility index (Phi) is 4.13. The van der Waals surface area contributed by atoms with E-state index in [0.29, 0.717) is 25.6 Å². The molecule has 2 fully saturated rings. The molecule has 0 radical (unpaired) electrons. The fraction of sp³-hybridized carbons (Fsp3) is 0.857. The largest absolute Gasteiger partial charge is 0.342 e. The number of rotatable bonds is 2. The van der Waals surface area contributed by atoms with E-state index in [1.807, 2.05) is 0 Å². The second-order valence-electron chi connectivity index (χ2n) is 6.21. The summed E-state index contributed by atoms with van der Waals surface area (Å²) < 4.78 is 0. The third-order valence-corrected chi connectivity index (χ3v) is 4.82. The highest BCUT2D eigenvalue weighted by atomic mass is 16.2. The van der Waals surface area contributed by atoms with E-state index in [2.05, 4.69) is 6.92 Å². The molecule has 2 aliphatic rings. The fourth-order valence-corrected chi connectivity index (χ4v) is 3.09. The number of likely N-dealkylation sites (N-methyl/N-ethyl adjacent to an activating group) is 1. The van der Waals surface area contributed by atoms with Crippen LogP contribution in [0.2, 0.25) is 0 Å². The number of hydrogen-bond acceptors (Lipinski definition) is 3. The van der Waals surface area contributed by atoms with Gasteiger partial charge >= 0.3 is 0 Å². The van der Waals surface area contributed by atoms with Gasteiger partial charge in [0.25, 0.3) is 0 Å². The van der Waals surface area contributed by atoms with Crippen LogP contribution >= 0.6 is 0 Å². The van der Waals surface area contributed by atoms with E-state index in [9.17, 15) is 9.59 Å². The average Bonchev–Trinajstić information content (AvgIpc) is 2.42. The van der Waals surface area contributed by atoms with Crippen molar-refractivity contribution in [2.45, 2.75) is 32.6 Å². The predicted octanol–water partition coefficient (Wildman–Crippen LogP) is 0.442. The topological polar surface area (TPSA) is 66.6 Å². The summed E-state index contributed by atoms with van der Waals surface area (Å²) in [4.78, 5) is 27.9. The van der Waals surface area contributed by atoms with Gasteiger partial charge in [-0.25, -0.2) is 0 Å². The molecule has 0 bridgehead atoms. The third kappa shape index (κ3) is 2.76. The number of amides is 2. The highest BCUT2D eigenvalue weighted by molar-refractivity contribution is 5.89. The van der Waals surface area contributed by atoms with Gasteiger partial charge < -0.3 is 15.5 Å². The van der Waals surface area contributed by atoms with Crippen LogP contribution in [0.4, 0.5) is 0 Å². The molecule has 1 aliphatic carbocycles. The molecule has 2 amide bonds. The van der Waals surface area contributed by atoms with Gasteiger partial charge in [-0.15, -0.1) is 0 Å². The Labute approximate surface area is 115 Å². The summed E-state index contributed by atoms with van der Waals surface area (Å²) in [7, 11) is 1.78. The smallest absolute Gasteiger partial charge is 0.241 e. The number of nitrogens with zero attached hydrogens (tertiary/aromatic N) is 2. The quantitative estimate of drug-likeness (QED) is 0.789. The number of carbonyl (C=O) groups is 2. The van der Waals surface area contributed by atoms with Crippen LogP contribution in [0.3, 0.4) is 0 Å². The van der Waals surface area contributed by atoms with Gasteiger partial charge in [-0.3, -0.25) is 9.59 Å². The van der Waals surface area contributed by atoms with Gasteiger partial charge in [0.15, 0.2) is 0 Å². The number of carbonyl (C=O) groups excluding carboxylic acids is 2. The van der Waals surface area contributed by atoms with Crippen LogP contribution in [0.25, 0.3) is 0 Å². The molecule has 0 aromatic carbocycles. The van der Waals surface area contributed by atoms with Gasteiger partial charge in [-0.05, 0) is 31.6 Å². The summed E-state index contributed by atoms with van der Waals surface area (Å²) in [5, 5.41) is 0. The van der Waals surface area contributed by atoms with Gasteiger partial charge in [-0.2, -0.15) is 0 Å². The summed E-state index contributed by atoms with van der Waals surface area (Å²) >= 11 is 0. The van der Waals surface area contributed by atoms with Crippen LogP contribution in [-0.2, 0) is 9.59 Å². The SMILES string of the molecule is CC1CCC(CN)(C(=O)N2CCN(C)C(=O)C2)CC1. The maximum absolute atomic E-state index is 12.7. The number of nitrogens with two attached hydrogens (primary N) is 1. The van der Waals surface area contributed by atoms with Crippen molar-refractivity contribution in [2.75, 3.05) is 33.2 Å². The first-order valence-corrected chi connectivity index (χ1v) is 7.22. The summed E-state index contributed by atoms with van der Waals surface area (Å²) in [5.41, 5.74) is 5.50. The molecule has 108 valence electrons. The molecule has 2 N–H and O–H groups in total. The lowest BCUT2D eigenvalue weighted by Gasteiger charge is -2.42. The monoisotopic (exact) mass is 267 g/mol. The van der Waals surface area contributed by atoms with E-state index in [0.717, 1.165) is 25.7 Å². The van der Waals surface area contributed by atoms with Crippen molar-refractivity contribution < 1.29 is 9.59 Å². The number of hydrogen-bond donors (Lipinski definition) is 1. The van der Waals surface area contributed by atoms with Crippen molar-refractivity contribution >= 4 is 11.8 Å². The molecule has 0 aromatic heterocycles. The fourth-order valence-electron chi connectivity index (χ4n) is 3.09. The Morgan fingerprint density at radius 3 is 2.53 bits per heavy atom. The second-order valence-corrected chi connectivity index (χ2v) is 6.21. The molecule has 1 aliphatic heterocycles. The van der Waals surface area contributed by atoms with E-state index < -0.39 is 5.41 Å². The summed E-state index contributed by atoms with van der Waals surface area (Å²) in [6.45, 7) is 4.11. The van der Waals surface area contributed by atoms with E-state index in [1.165, 1.54) is 0 Å². The molecule has 0 aromatic rings. The average molecular weight is 267 g/mol. The lowest BCUT2D eigenvalue weighted by molar-refractivity contribution is -0.152. The van der Waals surface area contributed by atoms with E-state index in [1.54, 1.807) is 16.8 Å².